The smallest absolute Gasteiger partial charge is 0.156 e. The van der Waals surface area contributed by atoms with Gasteiger partial charge in [-0.15, -0.1) is 6.42 Å². The second kappa shape index (κ2) is 5.72. The molecule has 0 aromatic carbocycles. The Bertz CT molecular complexity index is 582. The van der Waals surface area contributed by atoms with E-state index in [1.807, 2.05) is 0 Å². The van der Waals surface area contributed by atoms with Crippen LogP contribution in [-0.4, -0.2) is 35.1 Å². The van der Waals surface area contributed by atoms with Gasteiger partial charge < -0.3 is 14.9 Å². The minimum atomic E-state index is -1.14. The molecule has 3 heteroatoms. The van der Waals surface area contributed by atoms with Crippen molar-refractivity contribution in [2.45, 2.75) is 83.0 Å². The van der Waals surface area contributed by atoms with Crippen LogP contribution in [-0.2, 0) is 4.74 Å². The van der Waals surface area contributed by atoms with E-state index in [9.17, 15) is 10.2 Å². The summed E-state index contributed by atoms with van der Waals surface area (Å²) in [6.45, 7) is 4.70. The van der Waals surface area contributed by atoms with Gasteiger partial charge in [0.05, 0.1) is 12.2 Å². The molecule has 0 aliphatic heterocycles. The summed E-state index contributed by atoms with van der Waals surface area (Å²) in [6.07, 6.45) is 14.0. The maximum Gasteiger partial charge on any atom is 0.156 e. The summed E-state index contributed by atoms with van der Waals surface area (Å²) in [5.74, 6) is 5.19. The molecule has 0 amide bonds. The largest absolute Gasteiger partial charge is 0.393 e. The number of rotatable bonds is 1. The summed E-state index contributed by atoms with van der Waals surface area (Å²) in [7, 11) is 1.69. The molecule has 4 rings (SSSR count). The Labute approximate surface area is 152 Å². The Morgan fingerprint density at radius 3 is 2.48 bits per heavy atom. The molecule has 9 atom stereocenters. The minimum Gasteiger partial charge on any atom is -0.393 e. The molecule has 0 heterocycles. The third kappa shape index (κ3) is 2.17. The fourth-order valence-corrected chi connectivity index (χ4v) is 7.76. The first-order chi connectivity index (χ1) is 11.8. The Hall–Kier alpha value is -0.560. The number of hydrogen-bond donors (Lipinski definition) is 2. The van der Waals surface area contributed by atoms with E-state index in [0.717, 1.165) is 38.5 Å². The third-order valence-corrected chi connectivity index (χ3v) is 9.34. The molecule has 140 valence electrons. The lowest BCUT2D eigenvalue weighted by atomic mass is 9.44. The van der Waals surface area contributed by atoms with Crippen LogP contribution in [0, 0.1) is 46.8 Å². The molecule has 0 aromatic rings. The molecule has 4 fully saturated rings. The summed E-state index contributed by atoms with van der Waals surface area (Å²) in [5.41, 5.74) is -1.03. The third-order valence-electron chi connectivity index (χ3n) is 9.34. The topological polar surface area (TPSA) is 49.7 Å². The fourth-order valence-electron chi connectivity index (χ4n) is 7.76. The van der Waals surface area contributed by atoms with Crippen molar-refractivity contribution in [1.82, 2.24) is 0 Å². The minimum absolute atomic E-state index is 0.0978. The van der Waals surface area contributed by atoms with E-state index in [1.54, 1.807) is 7.11 Å². The number of methoxy groups -OCH3 is 1. The zero-order valence-corrected chi connectivity index (χ0v) is 16.0. The molecule has 4 aliphatic rings. The maximum atomic E-state index is 11.3. The van der Waals surface area contributed by atoms with Crippen LogP contribution >= 0.6 is 0 Å². The number of hydrogen-bond acceptors (Lipinski definition) is 3. The van der Waals surface area contributed by atoms with E-state index in [-0.39, 0.29) is 17.6 Å². The maximum absolute atomic E-state index is 11.3. The number of aliphatic hydroxyl groups excluding tert-OH is 1. The van der Waals surface area contributed by atoms with Gasteiger partial charge >= 0.3 is 0 Å². The molecule has 0 spiro atoms. The van der Waals surface area contributed by atoms with Crippen molar-refractivity contribution in [1.29, 1.82) is 0 Å². The highest BCUT2D eigenvalue weighted by atomic mass is 16.5. The van der Waals surface area contributed by atoms with E-state index < -0.39 is 5.60 Å². The molecule has 0 radical (unpaired) electrons. The van der Waals surface area contributed by atoms with Crippen LogP contribution in [0.2, 0.25) is 0 Å². The fraction of sp³-hybridized carbons (Fsp3) is 0.909. The highest BCUT2D eigenvalue weighted by Gasteiger charge is 2.67. The van der Waals surface area contributed by atoms with Crippen LogP contribution in [0.25, 0.3) is 0 Å². The molecule has 25 heavy (non-hydrogen) atoms. The number of aliphatic hydroxyl groups is 2. The molecule has 4 saturated carbocycles. The van der Waals surface area contributed by atoms with Gasteiger partial charge in [-0.1, -0.05) is 19.8 Å². The Balaban J connectivity index is 1.67. The second-order valence-electron chi connectivity index (χ2n) is 9.91. The van der Waals surface area contributed by atoms with Crippen LogP contribution in [0.1, 0.15) is 65.2 Å². The SMILES string of the molecule is C#C[C@]1(O)[C@H](OC)C[C@H]2[C@@H]3CC[C@H]4C[C@H](O)CC[C@]4(C)[C@H]3CC[C@@]21C. The summed E-state index contributed by atoms with van der Waals surface area (Å²) in [6, 6.07) is 0. The number of fused-ring (bicyclic) bond motifs is 5. The second-order valence-corrected chi connectivity index (χ2v) is 9.91. The highest BCUT2D eigenvalue weighted by Crippen LogP contribution is 2.68. The summed E-state index contributed by atoms with van der Waals surface area (Å²) >= 11 is 0. The molecule has 2 N–H and O–H groups in total. The average Bonchev–Trinajstić information content (AvgIpc) is 2.83. The van der Waals surface area contributed by atoms with Gasteiger partial charge in [0.2, 0.25) is 0 Å². The molecular weight excluding hydrogens is 312 g/mol. The molecule has 0 saturated heterocycles. The van der Waals surface area contributed by atoms with Crippen molar-refractivity contribution >= 4 is 0 Å². The standard InChI is InChI=1S/C22H34O3/c1-5-22(24)19(25-4)13-18-16-7-6-14-12-15(23)8-10-20(14,2)17(16)9-11-21(18,22)3/h1,14-19,23-24H,6-13H2,2-4H3/t14-,15+,16+,17-,18-,19+,20-,21-,22-/m0/s1. The van der Waals surface area contributed by atoms with Gasteiger partial charge in [-0.25, -0.2) is 0 Å². The van der Waals surface area contributed by atoms with E-state index >= 15 is 0 Å². The molecule has 3 nitrogen and oxygen atoms in total. The van der Waals surface area contributed by atoms with Crippen molar-refractivity contribution in [3.8, 4) is 12.3 Å². The molecular formula is C22H34O3. The average molecular weight is 347 g/mol. The first-order valence-corrected chi connectivity index (χ1v) is 10.2. The lowest BCUT2D eigenvalue weighted by molar-refractivity contribution is -0.153. The first-order valence-electron chi connectivity index (χ1n) is 10.2. The normalized spacial score (nSPS) is 57.9. The van der Waals surface area contributed by atoms with Crippen LogP contribution < -0.4 is 0 Å². The first kappa shape index (κ1) is 17.8. The summed E-state index contributed by atoms with van der Waals surface area (Å²) in [5, 5.41) is 21.5. The van der Waals surface area contributed by atoms with Crippen molar-refractivity contribution in [2.24, 2.45) is 34.5 Å². The Kier molecular flexibility index (Phi) is 4.08. The van der Waals surface area contributed by atoms with E-state index in [1.165, 1.54) is 12.8 Å². The van der Waals surface area contributed by atoms with Gasteiger partial charge in [0.1, 0.15) is 0 Å². The zero-order valence-electron chi connectivity index (χ0n) is 16.0. The van der Waals surface area contributed by atoms with Gasteiger partial charge in [-0.05, 0) is 80.5 Å². The Morgan fingerprint density at radius 1 is 1.04 bits per heavy atom. The lowest BCUT2D eigenvalue weighted by Gasteiger charge is -2.61. The van der Waals surface area contributed by atoms with Crippen LogP contribution in [0.15, 0.2) is 0 Å². The van der Waals surface area contributed by atoms with Gasteiger partial charge in [0.25, 0.3) is 0 Å². The summed E-state index contributed by atoms with van der Waals surface area (Å²) < 4.78 is 5.67. The van der Waals surface area contributed by atoms with E-state index in [4.69, 9.17) is 11.2 Å². The van der Waals surface area contributed by atoms with E-state index in [0.29, 0.717) is 29.1 Å². The highest BCUT2D eigenvalue weighted by molar-refractivity contribution is 5.27. The molecule has 0 bridgehead atoms. The number of terminal acetylenes is 1. The zero-order chi connectivity index (χ0) is 18.0. The molecule has 4 aliphatic carbocycles. The molecule has 0 unspecified atom stereocenters. The Morgan fingerprint density at radius 2 is 1.80 bits per heavy atom. The number of ether oxygens (including phenoxy) is 1. The van der Waals surface area contributed by atoms with Gasteiger partial charge in [-0.2, -0.15) is 0 Å². The quantitative estimate of drug-likeness (QED) is 0.716. The van der Waals surface area contributed by atoms with Crippen molar-refractivity contribution in [2.75, 3.05) is 7.11 Å². The van der Waals surface area contributed by atoms with Gasteiger partial charge in [-0.3, -0.25) is 0 Å². The van der Waals surface area contributed by atoms with Crippen LogP contribution in [0.4, 0.5) is 0 Å². The van der Waals surface area contributed by atoms with E-state index in [2.05, 4.69) is 19.8 Å². The van der Waals surface area contributed by atoms with Gasteiger partial charge in [0, 0.05) is 12.5 Å². The predicted molar refractivity (Wildman–Crippen MR) is 97.7 cm³/mol. The predicted octanol–water partition coefficient (Wildman–Crippen LogP) is 3.38. The van der Waals surface area contributed by atoms with Crippen molar-refractivity contribution < 1.29 is 14.9 Å². The van der Waals surface area contributed by atoms with Crippen LogP contribution in [0.5, 0.6) is 0 Å². The monoisotopic (exact) mass is 346 g/mol. The lowest BCUT2D eigenvalue weighted by Crippen LogP contribution is -2.57. The van der Waals surface area contributed by atoms with Crippen molar-refractivity contribution in [3.05, 3.63) is 0 Å². The molecule has 0 aromatic heterocycles. The van der Waals surface area contributed by atoms with Gasteiger partial charge in [0.15, 0.2) is 5.60 Å². The summed E-state index contributed by atoms with van der Waals surface area (Å²) in [4.78, 5) is 0. The van der Waals surface area contributed by atoms with Crippen LogP contribution in [0.3, 0.4) is 0 Å². The van der Waals surface area contributed by atoms with Crippen molar-refractivity contribution in [3.63, 3.8) is 0 Å².